The number of nitrogens with zero attached hydrogens (tertiary/aromatic N) is 6. The average Bonchev–Trinajstić information content (AvgIpc) is 3.12. The SMILES string of the molecule is CSc1nnc2c3cnn(-c4cc(Cl)ccc4C)c3ncn12. The number of aromatic nitrogens is 6. The molecular formula is C14H11ClN6S. The summed E-state index contributed by atoms with van der Waals surface area (Å²) in [7, 11) is 0. The molecule has 22 heavy (non-hydrogen) atoms. The van der Waals surface area contributed by atoms with Crippen molar-refractivity contribution in [2.75, 3.05) is 6.26 Å². The van der Waals surface area contributed by atoms with Gasteiger partial charge in [-0.05, 0) is 30.9 Å². The molecule has 0 unspecified atom stereocenters. The van der Waals surface area contributed by atoms with Gasteiger partial charge in [-0.1, -0.05) is 29.4 Å². The van der Waals surface area contributed by atoms with E-state index in [1.807, 2.05) is 35.8 Å². The second-order valence-electron chi connectivity index (χ2n) is 4.85. The van der Waals surface area contributed by atoms with Crippen LogP contribution in [-0.4, -0.2) is 35.6 Å². The van der Waals surface area contributed by atoms with Gasteiger partial charge in [-0.2, -0.15) is 5.10 Å². The highest BCUT2D eigenvalue weighted by atomic mass is 35.5. The molecule has 0 spiro atoms. The molecule has 3 heterocycles. The number of hydrogen-bond acceptors (Lipinski definition) is 5. The number of hydrogen-bond donors (Lipinski definition) is 0. The average molecular weight is 331 g/mol. The molecule has 0 atom stereocenters. The lowest BCUT2D eigenvalue weighted by Gasteiger charge is -2.07. The van der Waals surface area contributed by atoms with Gasteiger partial charge in [-0.15, -0.1) is 10.2 Å². The first-order chi connectivity index (χ1) is 10.7. The number of thioether (sulfide) groups is 1. The van der Waals surface area contributed by atoms with Crippen LogP contribution in [-0.2, 0) is 0 Å². The molecule has 6 nitrogen and oxygen atoms in total. The van der Waals surface area contributed by atoms with Crippen molar-refractivity contribution in [1.29, 1.82) is 0 Å². The van der Waals surface area contributed by atoms with E-state index in [2.05, 4.69) is 20.3 Å². The van der Waals surface area contributed by atoms with Crippen molar-refractivity contribution in [2.45, 2.75) is 12.1 Å². The van der Waals surface area contributed by atoms with Gasteiger partial charge >= 0.3 is 0 Å². The van der Waals surface area contributed by atoms with Crippen molar-refractivity contribution in [3.8, 4) is 5.69 Å². The van der Waals surface area contributed by atoms with Gasteiger partial charge in [-0.25, -0.2) is 9.67 Å². The van der Waals surface area contributed by atoms with Crippen LogP contribution in [0.1, 0.15) is 5.56 Å². The van der Waals surface area contributed by atoms with Gasteiger partial charge in [0.05, 0.1) is 17.3 Å². The van der Waals surface area contributed by atoms with Crippen LogP contribution in [0.2, 0.25) is 5.02 Å². The Morgan fingerprint density at radius 1 is 1.18 bits per heavy atom. The minimum Gasteiger partial charge on any atom is -0.260 e. The van der Waals surface area contributed by atoms with E-state index in [0.29, 0.717) is 5.02 Å². The van der Waals surface area contributed by atoms with E-state index >= 15 is 0 Å². The smallest absolute Gasteiger partial charge is 0.196 e. The number of benzene rings is 1. The maximum Gasteiger partial charge on any atom is 0.196 e. The molecule has 3 aromatic heterocycles. The van der Waals surface area contributed by atoms with Crippen LogP contribution in [0.15, 0.2) is 35.9 Å². The van der Waals surface area contributed by atoms with E-state index < -0.39 is 0 Å². The molecule has 0 amide bonds. The maximum absolute atomic E-state index is 6.11. The highest BCUT2D eigenvalue weighted by Gasteiger charge is 2.15. The third kappa shape index (κ3) is 1.89. The molecule has 8 heteroatoms. The van der Waals surface area contributed by atoms with Crippen molar-refractivity contribution in [2.24, 2.45) is 0 Å². The van der Waals surface area contributed by atoms with Crippen molar-refractivity contribution < 1.29 is 0 Å². The predicted molar refractivity (Wildman–Crippen MR) is 86.9 cm³/mol. The molecule has 0 aliphatic carbocycles. The number of fused-ring (bicyclic) bond motifs is 3. The van der Waals surface area contributed by atoms with Crippen molar-refractivity contribution in [1.82, 2.24) is 29.4 Å². The van der Waals surface area contributed by atoms with Gasteiger partial charge in [0.2, 0.25) is 0 Å². The Labute approximate surface area is 135 Å². The Balaban J connectivity index is 2.03. The molecule has 0 N–H and O–H groups in total. The monoisotopic (exact) mass is 330 g/mol. The topological polar surface area (TPSA) is 60.9 Å². The molecule has 0 fully saturated rings. The molecule has 0 aliphatic heterocycles. The zero-order valence-corrected chi connectivity index (χ0v) is 13.4. The van der Waals surface area contributed by atoms with Crippen molar-refractivity contribution in [3.63, 3.8) is 0 Å². The van der Waals surface area contributed by atoms with Crippen LogP contribution in [0, 0.1) is 6.92 Å². The summed E-state index contributed by atoms with van der Waals surface area (Å²) in [4.78, 5) is 4.52. The van der Waals surface area contributed by atoms with E-state index in [1.54, 1.807) is 17.2 Å². The lowest BCUT2D eigenvalue weighted by molar-refractivity contribution is 0.875. The lowest BCUT2D eigenvalue weighted by Crippen LogP contribution is -2.01. The summed E-state index contributed by atoms with van der Waals surface area (Å²) in [5.74, 6) is 0. The van der Waals surface area contributed by atoms with Gasteiger partial charge in [0.15, 0.2) is 16.5 Å². The minimum absolute atomic E-state index is 0.664. The van der Waals surface area contributed by atoms with Gasteiger partial charge in [0.25, 0.3) is 0 Å². The quantitative estimate of drug-likeness (QED) is 0.528. The van der Waals surface area contributed by atoms with Gasteiger partial charge in [0, 0.05) is 5.02 Å². The van der Waals surface area contributed by atoms with E-state index in [4.69, 9.17) is 11.6 Å². The minimum atomic E-state index is 0.664. The molecule has 0 saturated heterocycles. The van der Waals surface area contributed by atoms with Crippen LogP contribution in [0.5, 0.6) is 0 Å². The molecule has 110 valence electrons. The Morgan fingerprint density at radius 3 is 2.86 bits per heavy atom. The first kappa shape index (κ1) is 13.5. The molecule has 1 aromatic carbocycles. The fourth-order valence-electron chi connectivity index (χ4n) is 2.43. The van der Waals surface area contributed by atoms with E-state index in [9.17, 15) is 0 Å². The summed E-state index contributed by atoms with van der Waals surface area (Å²) in [5, 5.41) is 15.2. The molecule has 4 aromatic rings. The lowest BCUT2D eigenvalue weighted by atomic mass is 10.2. The molecule has 4 rings (SSSR count). The van der Waals surface area contributed by atoms with Crippen LogP contribution in [0.25, 0.3) is 22.4 Å². The Kier molecular flexibility index (Phi) is 3.05. The van der Waals surface area contributed by atoms with E-state index in [0.717, 1.165) is 33.1 Å². The summed E-state index contributed by atoms with van der Waals surface area (Å²) in [6.07, 6.45) is 5.44. The summed E-state index contributed by atoms with van der Waals surface area (Å²) in [5.41, 5.74) is 3.46. The fraction of sp³-hybridized carbons (Fsp3) is 0.143. The van der Waals surface area contributed by atoms with Crippen molar-refractivity contribution in [3.05, 3.63) is 41.3 Å². The van der Waals surface area contributed by atoms with Crippen LogP contribution < -0.4 is 0 Å². The molecule has 0 radical (unpaired) electrons. The zero-order chi connectivity index (χ0) is 15.3. The second kappa shape index (κ2) is 4.96. The number of aryl methyl sites for hydroxylation is 1. The number of rotatable bonds is 2. The summed E-state index contributed by atoms with van der Waals surface area (Å²) in [6.45, 7) is 2.01. The number of halogens is 1. The van der Waals surface area contributed by atoms with Crippen LogP contribution in [0.3, 0.4) is 0 Å². The van der Waals surface area contributed by atoms with E-state index in [1.165, 1.54) is 11.8 Å². The van der Waals surface area contributed by atoms with Gasteiger partial charge < -0.3 is 0 Å². The van der Waals surface area contributed by atoms with Gasteiger partial charge in [-0.3, -0.25) is 4.40 Å². The molecule has 0 saturated carbocycles. The highest BCUT2D eigenvalue weighted by molar-refractivity contribution is 7.98. The Morgan fingerprint density at radius 2 is 2.05 bits per heavy atom. The van der Waals surface area contributed by atoms with Crippen LogP contribution in [0.4, 0.5) is 0 Å². The third-order valence-corrected chi connectivity index (χ3v) is 4.41. The van der Waals surface area contributed by atoms with Gasteiger partial charge in [0.1, 0.15) is 6.33 Å². The summed E-state index contributed by atoms with van der Waals surface area (Å²) in [6, 6.07) is 5.71. The Hall–Kier alpha value is -2.12. The summed E-state index contributed by atoms with van der Waals surface area (Å²) >= 11 is 7.64. The molecular weight excluding hydrogens is 320 g/mol. The normalized spacial score (nSPS) is 11.6. The van der Waals surface area contributed by atoms with Crippen molar-refractivity contribution >= 4 is 40.0 Å². The third-order valence-electron chi connectivity index (χ3n) is 3.53. The second-order valence-corrected chi connectivity index (χ2v) is 6.06. The first-order valence-corrected chi connectivity index (χ1v) is 8.17. The van der Waals surface area contributed by atoms with Crippen LogP contribution >= 0.6 is 23.4 Å². The first-order valence-electron chi connectivity index (χ1n) is 6.57. The highest BCUT2D eigenvalue weighted by Crippen LogP contribution is 2.25. The molecule has 0 bridgehead atoms. The molecule has 0 aliphatic rings. The largest absolute Gasteiger partial charge is 0.260 e. The standard InChI is InChI=1S/C14H11ClN6S/c1-8-3-4-9(15)5-11(8)21-12-10(6-17-21)13-18-19-14(22-2)20(13)7-16-12/h3-7H,1-2H3. The maximum atomic E-state index is 6.11. The summed E-state index contributed by atoms with van der Waals surface area (Å²) < 4.78 is 3.65. The fourth-order valence-corrected chi connectivity index (χ4v) is 3.05. The zero-order valence-electron chi connectivity index (χ0n) is 11.9. The van der Waals surface area contributed by atoms with E-state index in [-0.39, 0.29) is 0 Å². The Bertz CT molecular complexity index is 1010. The predicted octanol–water partition coefficient (Wildman–Crippen LogP) is 3.15.